The molecule has 2 aliphatic carbocycles. The summed E-state index contributed by atoms with van der Waals surface area (Å²) in [5, 5.41) is 10.9. The van der Waals surface area contributed by atoms with Gasteiger partial charge in [-0.1, -0.05) is 159 Å². The molecule has 2 heterocycles. The monoisotopic (exact) mass is 740 g/mol. The highest BCUT2D eigenvalue weighted by Crippen LogP contribution is 2.51. The van der Waals surface area contributed by atoms with E-state index in [4.69, 9.17) is 0 Å². The number of hydrogen-bond donors (Lipinski definition) is 0. The first kappa shape index (κ1) is 33.7. The van der Waals surface area contributed by atoms with Crippen molar-refractivity contribution < 1.29 is 0 Å². The van der Waals surface area contributed by atoms with Crippen LogP contribution in [0.5, 0.6) is 0 Å². The van der Waals surface area contributed by atoms with E-state index >= 15 is 0 Å². The summed E-state index contributed by atoms with van der Waals surface area (Å²) in [6, 6.07) is 67.3. The number of rotatable bonds is 6. The quantitative estimate of drug-likeness (QED) is 0.119. The molecule has 0 N–H and O–H groups in total. The fourth-order valence-corrected chi connectivity index (χ4v) is 16.1. The second kappa shape index (κ2) is 13.5. The number of fused-ring (bicyclic) bond motifs is 6. The van der Waals surface area contributed by atoms with Gasteiger partial charge in [-0.2, -0.15) is 0 Å². The van der Waals surface area contributed by atoms with Crippen molar-refractivity contribution in [2.75, 3.05) is 0 Å². The van der Waals surface area contributed by atoms with Crippen LogP contribution in [0, 0.1) is 5.41 Å². The molecule has 274 valence electrons. The molecule has 0 saturated heterocycles. The highest BCUT2D eigenvalue weighted by Gasteiger charge is 2.42. The maximum absolute atomic E-state index is 2.73. The standard InChI is InChI=1S/C53H48N2Si/c1-5-17-41(18-6-1)56(42-19-7-2-8-20-42,43-21-9-3-10-22-43)44-28-30-52-48(38-44)46-24-12-14-26-50(46)55(52)40-27-29-51-47(37-40)45-23-11-13-25-49(45)54(51)39-31-35-53(36-32-39)33-15-4-16-34-53/h1-3,5-14,17-30,37-39H,4,15-16,31-36H2. The van der Waals surface area contributed by atoms with Crippen molar-refractivity contribution in [1.29, 1.82) is 0 Å². The van der Waals surface area contributed by atoms with Crippen molar-refractivity contribution in [3.63, 3.8) is 0 Å². The van der Waals surface area contributed by atoms with Gasteiger partial charge in [-0.25, -0.2) is 0 Å². The average Bonchev–Trinajstić information content (AvgIpc) is 3.78. The Morgan fingerprint density at radius 1 is 0.393 bits per heavy atom. The lowest BCUT2D eigenvalue weighted by Crippen LogP contribution is -2.74. The van der Waals surface area contributed by atoms with Crippen LogP contribution >= 0.6 is 0 Å². The van der Waals surface area contributed by atoms with Gasteiger partial charge in [0.2, 0.25) is 0 Å². The van der Waals surface area contributed by atoms with E-state index in [0.717, 1.165) is 0 Å². The molecular weight excluding hydrogens is 693 g/mol. The highest BCUT2D eigenvalue weighted by atomic mass is 28.3. The Balaban J connectivity index is 1.09. The van der Waals surface area contributed by atoms with E-state index in [1.807, 2.05) is 0 Å². The summed E-state index contributed by atoms with van der Waals surface area (Å²) < 4.78 is 5.24. The lowest BCUT2D eigenvalue weighted by molar-refractivity contribution is 0.102. The van der Waals surface area contributed by atoms with Crippen LogP contribution in [0.1, 0.15) is 63.8 Å². The molecule has 0 amide bonds. The zero-order chi connectivity index (χ0) is 37.1. The first-order valence-electron chi connectivity index (χ1n) is 21.0. The first-order chi connectivity index (χ1) is 27.7. The van der Waals surface area contributed by atoms with E-state index in [9.17, 15) is 0 Å². The lowest BCUT2D eigenvalue weighted by atomic mass is 9.64. The van der Waals surface area contributed by atoms with Gasteiger partial charge in [-0.15, -0.1) is 0 Å². The van der Waals surface area contributed by atoms with Gasteiger partial charge in [0, 0.05) is 44.3 Å². The molecular formula is C53H48N2Si. The zero-order valence-corrected chi connectivity index (χ0v) is 33.1. The predicted octanol–water partition coefficient (Wildman–Crippen LogP) is 11.3. The third-order valence-electron chi connectivity index (χ3n) is 14.0. The molecule has 56 heavy (non-hydrogen) atoms. The molecule has 7 aromatic carbocycles. The van der Waals surface area contributed by atoms with Gasteiger partial charge in [0.1, 0.15) is 0 Å². The molecule has 2 aromatic heterocycles. The summed E-state index contributed by atoms with van der Waals surface area (Å²) in [5.41, 5.74) is 7.11. The van der Waals surface area contributed by atoms with Crippen LogP contribution < -0.4 is 20.7 Å². The van der Waals surface area contributed by atoms with Crippen molar-refractivity contribution in [2.24, 2.45) is 5.41 Å². The Kier molecular flexibility index (Phi) is 8.14. The van der Waals surface area contributed by atoms with E-state index in [2.05, 4.69) is 185 Å². The van der Waals surface area contributed by atoms with Gasteiger partial charge in [-0.3, -0.25) is 0 Å². The number of para-hydroxylation sites is 2. The van der Waals surface area contributed by atoms with Crippen LogP contribution in [0.25, 0.3) is 49.3 Å². The molecule has 3 heteroatoms. The lowest BCUT2D eigenvalue weighted by Gasteiger charge is -2.43. The van der Waals surface area contributed by atoms with Crippen LogP contribution in [-0.2, 0) is 0 Å². The van der Waals surface area contributed by atoms with Crippen LogP contribution in [0.15, 0.2) is 176 Å². The number of aromatic nitrogens is 2. The second-order valence-electron chi connectivity index (χ2n) is 16.8. The highest BCUT2D eigenvalue weighted by molar-refractivity contribution is 7.20. The summed E-state index contributed by atoms with van der Waals surface area (Å²) in [6.45, 7) is 0. The number of benzene rings is 7. The Morgan fingerprint density at radius 3 is 1.50 bits per heavy atom. The van der Waals surface area contributed by atoms with Gasteiger partial charge in [0.25, 0.3) is 0 Å². The summed E-state index contributed by atoms with van der Waals surface area (Å²) in [6.07, 6.45) is 12.6. The van der Waals surface area contributed by atoms with Gasteiger partial charge >= 0.3 is 0 Å². The Hall–Kier alpha value is -5.64. The molecule has 11 rings (SSSR count). The molecule has 1 spiro atoms. The Morgan fingerprint density at radius 2 is 0.875 bits per heavy atom. The van der Waals surface area contributed by atoms with Crippen molar-refractivity contribution in [2.45, 2.75) is 63.8 Å². The molecule has 0 radical (unpaired) electrons. The van der Waals surface area contributed by atoms with Gasteiger partial charge in [-0.05, 0) is 101 Å². The minimum absolute atomic E-state index is 0.561. The smallest absolute Gasteiger partial charge is 0.179 e. The van der Waals surface area contributed by atoms with Crippen molar-refractivity contribution in [3.8, 4) is 5.69 Å². The SMILES string of the molecule is c1ccc([Si](c2ccccc2)(c2ccccc2)c2ccc3c(c2)c2ccccc2n3-c2ccc3c(c2)c2ccccc2n3C2CCC3(CCCCC3)CC2)cc1. The maximum Gasteiger partial charge on any atom is 0.179 e. The van der Waals surface area contributed by atoms with Crippen LogP contribution in [-0.4, -0.2) is 17.2 Å². The van der Waals surface area contributed by atoms with Gasteiger partial charge in [0.15, 0.2) is 8.07 Å². The molecule has 2 nitrogen and oxygen atoms in total. The summed E-state index contributed by atoms with van der Waals surface area (Å²) >= 11 is 0. The molecule has 2 saturated carbocycles. The van der Waals surface area contributed by atoms with E-state index in [-0.39, 0.29) is 0 Å². The summed E-state index contributed by atoms with van der Waals surface area (Å²) in [5.74, 6) is 0. The minimum Gasteiger partial charge on any atom is -0.337 e. The average molecular weight is 741 g/mol. The molecule has 0 unspecified atom stereocenters. The number of hydrogen-bond acceptors (Lipinski definition) is 0. The molecule has 9 aromatic rings. The second-order valence-corrected chi connectivity index (χ2v) is 20.6. The van der Waals surface area contributed by atoms with Crippen molar-refractivity contribution >= 4 is 72.4 Å². The normalized spacial score (nSPS) is 16.4. The number of nitrogens with zero attached hydrogens (tertiary/aromatic N) is 2. The first-order valence-corrected chi connectivity index (χ1v) is 23.0. The third kappa shape index (κ3) is 5.20. The summed E-state index contributed by atoms with van der Waals surface area (Å²) in [4.78, 5) is 0. The van der Waals surface area contributed by atoms with E-state index in [0.29, 0.717) is 11.5 Å². The predicted molar refractivity (Wildman–Crippen MR) is 240 cm³/mol. The fourth-order valence-electron chi connectivity index (χ4n) is 11.3. The van der Waals surface area contributed by atoms with Gasteiger partial charge in [0.05, 0.1) is 11.0 Å². The Bertz CT molecular complexity index is 2740. The molecule has 2 aliphatic rings. The largest absolute Gasteiger partial charge is 0.337 e. The van der Waals surface area contributed by atoms with E-state index in [1.165, 1.54) is 128 Å². The molecule has 0 atom stereocenters. The molecule has 0 aliphatic heterocycles. The van der Waals surface area contributed by atoms with Crippen LogP contribution in [0.4, 0.5) is 0 Å². The zero-order valence-electron chi connectivity index (χ0n) is 32.1. The third-order valence-corrected chi connectivity index (χ3v) is 18.7. The van der Waals surface area contributed by atoms with Crippen LogP contribution in [0.3, 0.4) is 0 Å². The van der Waals surface area contributed by atoms with Crippen LogP contribution in [0.2, 0.25) is 0 Å². The van der Waals surface area contributed by atoms with E-state index < -0.39 is 8.07 Å². The van der Waals surface area contributed by atoms with Crippen molar-refractivity contribution in [3.05, 3.63) is 176 Å². The molecule has 2 fully saturated rings. The topological polar surface area (TPSA) is 9.86 Å². The minimum atomic E-state index is -2.68. The summed E-state index contributed by atoms with van der Waals surface area (Å²) in [7, 11) is -2.68. The van der Waals surface area contributed by atoms with E-state index in [1.54, 1.807) is 0 Å². The Labute approximate surface area is 331 Å². The van der Waals surface area contributed by atoms with Gasteiger partial charge < -0.3 is 9.13 Å². The fraction of sp³-hybridized carbons (Fsp3) is 0.208. The maximum atomic E-state index is 2.73. The van der Waals surface area contributed by atoms with Crippen molar-refractivity contribution in [1.82, 2.24) is 9.13 Å². The molecule has 0 bridgehead atoms.